The van der Waals surface area contributed by atoms with E-state index in [0.717, 1.165) is 4.88 Å². The molecule has 2 heterocycles. The van der Waals surface area contributed by atoms with Crippen molar-refractivity contribution in [3.05, 3.63) is 21.9 Å². The average molecular weight is 183 g/mol. The number of ether oxygens (including phenoxy) is 1. The molecular formula is C8H9NO2S. The van der Waals surface area contributed by atoms with E-state index < -0.39 is 0 Å². The molecule has 1 unspecified atom stereocenters. The lowest BCUT2D eigenvalue weighted by Crippen LogP contribution is -2.12. The second kappa shape index (κ2) is 2.79. The van der Waals surface area contributed by atoms with Crippen molar-refractivity contribution in [1.29, 1.82) is 0 Å². The number of cyclic esters (lactones) is 1. The van der Waals surface area contributed by atoms with Crippen LogP contribution in [0.1, 0.15) is 16.5 Å². The van der Waals surface area contributed by atoms with Crippen molar-refractivity contribution in [2.75, 3.05) is 6.54 Å². The number of thiophene rings is 1. The topological polar surface area (TPSA) is 38.3 Å². The van der Waals surface area contributed by atoms with Gasteiger partial charge in [-0.1, -0.05) is 0 Å². The van der Waals surface area contributed by atoms with Crippen LogP contribution >= 0.6 is 11.3 Å². The summed E-state index contributed by atoms with van der Waals surface area (Å²) in [5.74, 6) is 0. The number of amides is 1. The number of hydrogen-bond acceptors (Lipinski definition) is 3. The van der Waals surface area contributed by atoms with Crippen LogP contribution in [0.25, 0.3) is 0 Å². The molecule has 1 aliphatic rings. The van der Waals surface area contributed by atoms with Gasteiger partial charge in [-0.2, -0.15) is 0 Å². The zero-order chi connectivity index (χ0) is 8.55. The maximum atomic E-state index is 10.7. The van der Waals surface area contributed by atoms with E-state index in [0.29, 0.717) is 6.54 Å². The summed E-state index contributed by atoms with van der Waals surface area (Å²) < 4.78 is 5.02. The number of aryl methyl sites for hydroxylation is 1. The molecule has 0 spiro atoms. The zero-order valence-corrected chi connectivity index (χ0v) is 7.48. The summed E-state index contributed by atoms with van der Waals surface area (Å²) in [5, 5.41) is 4.68. The van der Waals surface area contributed by atoms with E-state index in [4.69, 9.17) is 4.74 Å². The van der Waals surface area contributed by atoms with E-state index in [-0.39, 0.29) is 12.2 Å². The van der Waals surface area contributed by atoms with E-state index in [2.05, 4.69) is 16.8 Å². The minimum Gasteiger partial charge on any atom is -0.439 e. The number of carbonyl (C=O) groups excluding carboxylic acids is 1. The fourth-order valence-electron chi connectivity index (χ4n) is 1.17. The molecule has 2 rings (SSSR count). The van der Waals surface area contributed by atoms with Crippen LogP contribution in [0.4, 0.5) is 4.79 Å². The minimum absolute atomic E-state index is 0.0730. The molecule has 0 aliphatic carbocycles. The molecule has 1 aromatic heterocycles. The van der Waals surface area contributed by atoms with Crippen molar-refractivity contribution in [3.8, 4) is 0 Å². The maximum absolute atomic E-state index is 10.7. The molecule has 1 atom stereocenters. The van der Waals surface area contributed by atoms with Crippen LogP contribution < -0.4 is 5.32 Å². The highest BCUT2D eigenvalue weighted by atomic mass is 32.1. The molecule has 0 saturated carbocycles. The third-order valence-corrected chi connectivity index (χ3v) is 2.89. The molecular weight excluding hydrogens is 174 g/mol. The summed E-state index contributed by atoms with van der Waals surface area (Å²) in [4.78, 5) is 11.8. The first-order valence-electron chi connectivity index (χ1n) is 3.75. The van der Waals surface area contributed by atoms with Gasteiger partial charge in [0.2, 0.25) is 0 Å². The van der Waals surface area contributed by atoms with Gasteiger partial charge in [0.25, 0.3) is 0 Å². The molecule has 12 heavy (non-hydrogen) atoms. The molecule has 1 aliphatic heterocycles. The second-order valence-corrected chi connectivity index (χ2v) is 3.74. The van der Waals surface area contributed by atoms with E-state index in [1.54, 1.807) is 11.3 Å². The van der Waals surface area contributed by atoms with E-state index in [9.17, 15) is 4.79 Å². The fraction of sp³-hybridized carbons (Fsp3) is 0.375. The van der Waals surface area contributed by atoms with Crippen LogP contribution in [0.5, 0.6) is 0 Å². The van der Waals surface area contributed by atoms with Gasteiger partial charge in [0, 0.05) is 4.88 Å². The van der Waals surface area contributed by atoms with Crippen molar-refractivity contribution in [1.82, 2.24) is 5.32 Å². The maximum Gasteiger partial charge on any atom is 0.407 e. The quantitative estimate of drug-likeness (QED) is 0.721. The highest BCUT2D eigenvalue weighted by Gasteiger charge is 2.24. The van der Waals surface area contributed by atoms with Crippen LogP contribution in [-0.4, -0.2) is 12.6 Å². The molecule has 1 aromatic rings. The van der Waals surface area contributed by atoms with Crippen molar-refractivity contribution in [2.45, 2.75) is 13.0 Å². The van der Waals surface area contributed by atoms with E-state index >= 15 is 0 Å². The Balaban J connectivity index is 2.15. The van der Waals surface area contributed by atoms with Crippen LogP contribution in [0.2, 0.25) is 0 Å². The Labute approximate surface area is 74.4 Å². The lowest BCUT2D eigenvalue weighted by Gasteiger charge is -2.02. The molecule has 3 nitrogen and oxygen atoms in total. The summed E-state index contributed by atoms with van der Waals surface area (Å²) >= 11 is 1.63. The average Bonchev–Trinajstić information content (AvgIpc) is 2.58. The van der Waals surface area contributed by atoms with Crippen molar-refractivity contribution >= 4 is 17.4 Å². The van der Waals surface area contributed by atoms with Gasteiger partial charge in [0.1, 0.15) is 0 Å². The third kappa shape index (κ3) is 1.30. The first-order chi connectivity index (χ1) is 5.75. The lowest BCUT2D eigenvalue weighted by molar-refractivity contribution is 0.142. The smallest absolute Gasteiger partial charge is 0.407 e. The van der Waals surface area contributed by atoms with Gasteiger partial charge in [-0.3, -0.25) is 0 Å². The van der Waals surface area contributed by atoms with Crippen LogP contribution in [0.15, 0.2) is 11.4 Å². The zero-order valence-electron chi connectivity index (χ0n) is 6.66. The Morgan fingerprint density at radius 3 is 3.08 bits per heavy atom. The first-order valence-corrected chi connectivity index (χ1v) is 4.63. The Kier molecular flexibility index (Phi) is 1.77. The molecule has 1 N–H and O–H groups in total. The Morgan fingerprint density at radius 2 is 2.58 bits per heavy atom. The lowest BCUT2D eigenvalue weighted by atomic mass is 10.2. The molecule has 64 valence electrons. The summed E-state index contributed by atoms with van der Waals surface area (Å²) in [5.41, 5.74) is 1.22. The van der Waals surface area contributed by atoms with Gasteiger partial charge in [-0.25, -0.2) is 4.79 Å². The van der Waals surface area contributed by atoms with Crippen molar-refractivity contribution in [2.24, 2.45) is 0 Å². The number of nitrogens with one attached hydrogen (secondary N) is 1. The number of alkyl carbamates (subject to hydrolysis) is 1. The highest BCUT2D eigenvalue weighted by Crippen LogP contribution is 2.26. The monoisotopic (exact) mass is 183 g/mol. The molecule has 1 fully saturated rings. The van der Waals surface area contributed by atoms with Gasteiger partial charge < -0.3 is 10.1 Å². The molecule has 0 bridgehead atoms. The minimum atomic E-state index is -0.314. The highest BCUT2D eigenvalue weighted by molar-refractivity contribution is 7.10. The third-order valence-electron chi connectivity index (χ3n) is 1.75. The Bertz CT molecular complexity index is 308. The standard InChI is InChI=1S/C8H9NO2S/c1-5-2-7(12-4-5)6-3-9-8(10)11-6/h2,4,6H,3H2,1H3,(H,9,10). The summed E-state index contributed by atoms with van der Waals surface area (Å²) in [7, 11) is 0. The Morgan fingerprint density at radius 1 is 1.75 bits per heavy atom. The summed E-state index contributed by atoms with van der Waals surface area (Å²) in [6.07, 6.45) is -0.387. The SMILES string of the molecule is Cc1csc(C2CNC(=O)O2)c1. The van der Waals surface area contributed by atoms with Gasteiger partial charge in [-0.05, 0) is 23.9 Å². The number of carbonyl (C=O) groups is 1. The largest absolute Gasteiger partial charge is 0.439 e. The van der Waals surface area contributed by atoms with Gasteiger partial charge in [0.05, 0.1) is 6.54 Å². The normalized spacial score (nSPS) is 22.1. The fourth-order valence-corrected chi connectivity index (χ4v) is 2.10. The molecule has 4 heteroatoms. The van der Waals surface area contributed by atoms with Crippen molar-refractivity contribution in [3.63, 3.8) is 0 Å². The molecule has 0 radical (unpaired) electrons. The van der Waals surface area contributed by atoms with Crippen LogP contribution in [0, 0.1) is 6.92 Å². The van der Waals surface area contributed by atoms with Crippen LogP contribution in [-0.2, 0) is 4.74 Å². The number of hydrogen-bond donors (Lipinski definition) is 1. The predicted molar refractivity (Wildman–Crippen MR) is 46.3 cm³/mol. The van der Waals surface area contributed by atoms with Crippen LogP contribution in [0.3, 0.4) is 0 Å². The predicted octanol–water partition coefficient (Wildman–Crippen LogP) is 1.84. The second-order valence-electron chi connectivity index (χ2n) is 2.80. The van der Waals surface area contributed by atoms with Crippen molar-refractivity contribution < 1.29 is 9.53 Å². The first kappa shape index (κ1) is 7.61. The molecule has 1 amide bonds. The van der Waals surface area contributed by atoms with Gasteiger partial charge >= 0.3 is 6.09 Å². The number of rotatable bonds is 1. The van der Waals surface area contributed by atoms with Gasteiger partial charge in [0.15, 0.2) is 6.10 Å². The van der Waals surface area contributed by atoms with E-state index in [1.165, 1.54) is 5.56 Å². The summed E-state index contributed by atoms with van der Waals surface area (Å²) in [6, 6.07) is 2.05. The van der Waals surface area contributed by atoms with E-state index in [1.807, 2.05) is 6.92 Å². The van der Waals surface area contributed by atoms with Gasteiger partial charge in [-0.15, -0.1) is 11.3 Å². The Hall–Kier alpha value is -1.03. The molecule has 1 saturated heterocycles. The summed E-state index contributed by atoms with van der Waals surface area (Å²) in [6.45, 7) is 2.63. The molecule has 0 aromatic carbocycles.